The van der Waals surface area contributed by atoms with Crippen LogP contribution in [0.4, 0.5) is 14.5 Å². The first-order valence-electron chi connectivity index (χ1n) is 16.8. The van der Waals surface area contributed by atoms with Crippen molar-refractivity contribution in [3.63, 3.8) is 0 Å². The highest BCUT2D eigenvalue weighted by atomic mass is 35.5. The number of nitrogens with one attached hydrogen (secondary N) is 4. The van der Waals surface area contributed by atoms with Gasteiger partial charge in [0, 0.05) is 85.9 Å². The molecule has 0 saturated carbocycles. The van der Waals surface area contributed by atoms with E-state index in [-0.39, 0.29) is 67.8 Å². The van der Waals surface area contributed by atoms with Crippen LogP contribution in [0.5, 0.6) is 0 Å². The summed E-state index contributed by atoms with van der Waals surface area (Å²) in [6.07, 6.45) is 6.28. The van der Waals surface area contributed by atoms with Crippen LogP contribution in [0.1, 0.15) is 46.4 Å². The molecule has 13 nitrogen and oxygen atoms in total. The second-order valence-electron chi connectivity index (χ2n) is 12.9. The molecule has 1 aliphatic heterocycles. The van der Waals surface area contributed by atoms with Gasteiger partial charge in [-0.1, -0.05) is 24.6 Å². The molecule has 5 rings (SSSR count). The van der Waals surface area contributed by atoms with E-state index in [0.717, 1.165) is 31.8 Å². The SMILES string of the molecule is CCC(CC[NH+](C)C)C(=O)N1CCN(C(=O)c2ccc(NC(=O)c3ncc(-c4ccc(-c5cn[nH]c5/C(C=N)=C/N)c(F)c4F)n3C)cc2Cl)CC1. The lowest BCUT2D eigenvalue weighted by molar-refractivity contribution is -0.858. The number of halogens is 3. The number of allylic oxidation sites excluding steroid dienone is 1. The number of quaternary nitrogens is 1. The van der Waals surface area contributed by atoms with Gasteiger partial charge in [-0.15, -0.1) is 0 Å². The Morgan fingerprint density at radius 3 is 2.37 bits per heavy atom. The number of hydrogen-bond acceptors (Lipinski definition) is 7. The van der Waals surface area contributed by atoms with Crippen molar-refractivity contribution in [1.82, 2.24) is 29.5 Å². The number of amides is 3. The van der Waals surface area contributed by atoms with E-state index in [4.69, 9.17) is 22.7 Å². The normalized spacial score (nSPS) is 14.1. The number of imidazole rings is 1. The Bertz CT molecular complexity index is 2020. The minimum absolute atomic E-state index is 0.0350. The highest BCUT2D eigenvalue weighted by Crippen LogP contribution is 2.34. The van der Waals surface area contributed by atoms with Gasteiger partial charge in [-0.2, -0.15) is 5.10 Å². The molecule has 4 aromatic rings. The molecule has 16 heteroatoms. The average molecular weight is 736 g/mol. The number of carbonyl (C=O) groups excluding carboxylic acids is 3. The van der Waals surface area contributed by atoms with Gasteiger partial charge in [-0.3, -0.25) is 19.5 Å². The Kier molecular flexibility index (Phi) is 11.9. The third-order valence-electron chi connectivity index (χ3n) is 9.27. The van der Waals surface area contributed by atoms with Gasteiger partial charge < -0.3 is 35.7 Å². The number of rotatable bonds is 12. The largest absolute Gasteiger partial charge is 0.404 e. The third-order valence-corrected chi connectivity index (χ3v) is 9.59. The van der Waals surface area contributed by atoms with Gasteiger partial charge in [0.2, 0.25) is 5.91 Å². The molecule has 6 N–H and O–H groups in total. The molecule has 2 aromatic heterocycles. The molecule has 1 fully saturated rings. The van der Waals surface area contributed by atoms with Crippen molar-refractivity contribution in [2.45, 2.75) is 19.8 Å². The molecule has 0 radical (unpaired) electrons. The van der Waals surface area contributed by atoms with Crippen molar-refractivity contribution < 1.29 is 28.1 Å². The highest BCUT2D eigenvalue weighted by Gasteiger charge is 2.30. The Balaban J connectivity index is 1.25. The highest BCUT2D eigenvalue weighted by molar-refractivity contribution is 6.34. The number of aromatic amines is 1. The average Bonchev–Trinajstić information content (AvgIpc) is 3.77. The molecule has 0 bridgehead atoms. The summed E-state index contributed by atoms with van der Waals surface area (Å²) in [6, 6.07) is 7.25. The zero-order chi connectivity index (χ0) is 37.7. The van der Waals surface area contributed by atoms with Crippen LogP contribution in [0.2, 0.25) is 5.02 Å². The maximum atomic E-state index is 15.5. The lowest BCUT2D eigenvalue weighted by Crippen LogP contribution is -3.05. The molecule has 3 heterocycles. The number of H-pyrrole nitrogens is 1. The number of anilines is 1. The van der Waals surface area contributed by atoms with Crippen molar-refractivity contribution in [2.24, 2.45) is 18.7 Å². The molecule has 1 atom stereocenters. The van der Waals surface area contributed by atoms with Crippen LogP contribution in [-0.4, -0.2) is 100 Å². The fraction of sp³-hybridized carbons (Fsp3) is 0.333. The third kappa shape index (κ3) is 7.75. The summed E-state index contributed by atoms with van der Waals surface area (Å²) >= 11 is 6.52. The maximum Gasteiger partial charge on any atom is 0.291 e. The lowest BCUT2D eigenvalue weighted by Gasteiger charge is -2.36. The van der Waals surface area contributed by atoms with E-state index in [9.17, 15) is 14.4 Å². The zero-order valence-electron chi connectivity index (χ0n) is 29.4. The number of benzene rings is 2. The number of piperazine rings is 1. The molecular formula is C36H42ClF2N10O3+. The van der Waals surface area contributed by atoms with Crippen molar-refractivity contribution in [2.75, 3.05) is 52.1 Å². The topological polar surface area (TPSA) is 171 Å². The Morgan fingerprint density at radius 2 is 1.73 bits per heavy atom. The summed E-state index contributed by atoms with van der Waals surface area (Å²) in [4.78, 5) is 48.7. The molecule has 1 saturated heterocycles. The maximum absolute atomic E-state index is 15.5. The number of aromatic nitrogens is 4. The molecule has 1 aliphatic rings. The molecule has 274 valence electrons. The monoisotopic (exact) mass is 735 g/mol. The summed E-state index contributed by atoms with van der Waals surface area (Å²) in [7, 11) is 5.63. The van der Waals surface area contributed by atoms with Gasteiger partial charge in [-0.05, 0) is 30.7 Å². The molecular weight excluding hydrogens is 694 g/mol. The quantitative estimate of drug-likeness (QED) is 0.140. The van der Waals surface area contributed by atoms with Crippen molar-refractivity contribution in [1.29, 1.82) is 5.41 Å². The molecule has 52 heavy (non-hydrogen) atoms. The van der Waals surface area contributed by atoms with E-state index < -0.39 is 17.5 Å². The van der Waals surface area contributed by atoms with Gasteiger partial charge in [-0.25, -0.2) is 13.8 Å². The Hall–Kier alpha value is -5.41. The van der Waals surface area contributed by atoms with E-state index in [1.54, 1.807) is 11.0 Å². The summed E-state index contributed by atoms with van der Waals surface area (Å²) in [6.45, 7) is 4.58. The predicted molar refractivity (Wildman–Crippen MR) is 195 cm³/mol. The smallest absolute Gasteiger partial charge is 0.291 e. The molecule has 0 aliphatic carbocycles. The molecule has 1 unspecified atom stereocenters. The Morgan fingerprint density at radius 1 is 1.06 bits per heavy atom. The lowest BCUT2D eigenvalue weighted by atomic mass is 9.99. The summed E-state index contributed by atoms with van der Waals surface area (Å²) in [5, 5.41) is 16.9. The Labute approximate surface area is 304 Å². The van der Waals surface area contributed by atoms with Crippen LogP contribution in [0, 0.1) is 23.0 Å². The van der Waals surface area contributed by atoms with Crippen LogP contribution >= 0.6 is 11.6 Å². The van der Waals surface area contributed by atoms with Gasteiger partial charge in [0.05, 0.1) is 55.0 Å². The van der Waals surface area contributed by atoms with Crippen molar-refractivity contribution in [3.8, 4) is 22.4 Å². The van der Waals surface area contributed by atoms with E-state index in [0.29, 0.717) is 31.9 Å². The minimum atomic E-state index is -1.17. The van der Waals surface area contributed by atoms with E-state index >= 15 is 8.78 Å². The second-order valence-corrected chi connectivity index (χ2v) is 13.3. The summed E-state index contributed by atoms with van der Waals surface area (Å²) in [5.74, 6) is -3.24. The zero-order valence-corrected chi connectivity index (χ0v) is 30.2. The van der Waals surface area contributed by atoms with Crippen LogP contribution in [0.3, 0.4) is 0 Å². The standard InChI is InChI=1S/C36H41ClF2N10O3/c1-5-21(10-11-46(2)3)35(51)48-12-14-49(15-13-48)36(52)25-7-6-23(16-28(25)37)44-34(50)33-42-20-29(47(33)4)26-9-8-24(30(38)31(26)39)27-19-43-45-32(27)22(17-40)18-41/h6-9,16-21,40H,5,10-15,41H2,1-4H3,(H,43,45)(H,44,50)/p+1/b22-18+,40-17?. The number of carbonyl (C=O) groups is 3. The first-order valence-corrected chi connectivity index (χ1v) is 17.2. The van der Waals surface area contributed by atoms with Crippen LogP contribution in [0.25, 0.3) is 28.0 Å². The predicted octanol–water partition coefficient (Wildman–Crippen LogP) is 3.46. The first-order chi connectivity index (χ1) is 24.9. The van der Waals surface area contributed by atoms with E-state index in [2.05, 4.69) is 34.6 Å². The fourth-order valence-corrected chi connectivity index (χ4v) is 6.48. The van der Waals surface area contributed by atoms with E-state index in [1.807, 2.05) is 11.8 Å². The number of nitrogens with two attached hydrogens (primary N) is 1. The van der Waals surface area contributed by atoms with Crippen molar-refractivity contribution >= 4 is 46.8 Å². The molecule has 0 spiro atoms. The van der Waals surface area contributed by atoms with Gasteiger partial charge in [0.15, 0.2) is 17.5 Å². The van der Waals surface area contributed by atoms with E-state index in [1.165, 1.54) is 53.2 Å². The van der Waals surface area contributed by atoms with Crippen LogP contribution in [-0.2, 0) is 11.8 Å². The molecule has 3 amide bonds. The minimum Gasteiger partial charge on any atom is -0.404 e. The fourth-order valence-electron chi connectivity index (χ4n) is 6.22. The molecule has 2 aromatic carbocycles. The first kappa shape index (κ1) is 37.8. The van der Waals surface area contributed by atoms with Gasteiger partial charge >= 0.3 is 0 Å². The van der Waals surface area contributed by atoms with Crippen molar-refractivity contribution in [3.05, 3.63) is 82.7 Å². The summed E-state index contributed by atoms with van der Waals surface area (Å²) in [5.41, 5.74) is 6.74. The van der Waals surface area contributed by atoms with Crippen LogP contribution in [0.15, 0.2) is 48.9 Å². The number of hydrogen-bond donors (Lipinski definition) is 5. The van der Waals surface area contributed by atoms with Gasteiger partial charge in [0.1, 0.15) is 0 Å². The number of nitrogens with zero attached hydrogens (tertiary/aromatic N) is 5. The van der Waals surface area contributed by atoms with Crippen LogP contribution < -0.4 is 16.0 Å². The van der Waals surface area contributed by atoms with Gasteiger partial charge in [0.25, 0.3) is 11.8 Å². The second kappa shape index (κ2) is 16.3. The summed E-state index contributed by atoms with van der Waals surface area (Å²) < 4.78 is 32.3.